The number of hydrogen-bond acceptors (Lipinski definition) is 4. The van der Waals surface area contributed by atoms with Crippen LogP contribution in [0, 0.1) is 11.3 Å². The maximum Gasteiger partial charge on any atom is 0.162 e. The van der Waals surface area contributed by atoms with E-state index < -0.39 is 0 Å². The van der Waals surface area contributed by atoms with E-state index in [0.29, 0.717) is 11.8 Å². The molecule has 2 atom stereocenters. The maximum atomic E-state index is 6.74. The zero-order chi connectivity index (χ0) is 46.6. The molecule has 8 aromatic carbocycles. The first-order chi connectivity index (χ1) is 33.9. The fraction of sp³-hybridized carbons (Fsp3) is 0.111. The SMILES string of the molecule is CCc1ccccc1N(C1=CC=C1N=C(N=C(NC)c1ccccc1)c1ccc2ccc3oc4cccc(Nc5cc6ccccc6cc5C5=CC=C6C=C[C@@H](C)C65C)c4c3c2c1)c1ccccc1. The molecule has 0 saturated carbocycles. The Kier molecular flexibility index (Phi) is 10.3. The van der Waals surface area contributed by atoms with Crippen molar-refractivity contribution in [3.63, 3.8) is 0 Å². The number of nitrogens with zero attached hydrogens (tertiary/aromatic N) is 3. The van der Waals surface area contributed by atoms with Gasteiger partial charge in [-0.3, -0.25) is 0 Å². The number of para-hydroxylation sites is 2. The van der Waals surface area contributed by atoms with E-state index in [9.17, 15) is 0 Å². The van der Waals surface area contributed by atoms with Gasteiger partial charge >= 0.3 is 0 Å². The predicted octanol–water partition coefficient (Wildman–Crippen LogP) is 15.8. The number of amidine groups is 2. The molecule has 6 nitrogen and oxygen atoms in total. The second-order valence-corrected chi connectivity index (χ2v) is 18.3. The molecule has 9 aromatic rings. The predicted molar refractivity (Wildman–Crippen MR) is 290 cm³/mol. The van der Waals surface area contributed by atoms with E-state index >= 15 is 0 Å². The van der Waals surface area contributed by atoms with Crippen molar-refractivity contribution < 1.29 is 4.42 Å². The lowest BCUT2D eigenvalue weighted by Gasteiger charge is -2.32. The lowest BCUT2D eigenvalue weighted by atomic mass is 9.71. The van der Waals surface area contributed by atoms with Gasteiger partial charge < -0.3 is 20.0 Å². The molecular formula is C63H51N5O. The summed E-state index contributed by atoms with van der Waals surface area (Å²) in [6, 6.07) is 59.8. The molecule has 0 spiro atoms. The van der Waals surface area contributed by atoms with Crippen LogP contribution in [0.2, 0.25) is 0 Å². The molecule has 1 aromatic heterocycles. The highest BCUT2D eigenvalue weighted by Gasteiger charge is 2.43. The zero-order valence-electron chi connectivity index (χ0n) is 39.2. The Bertz CT molecular complexity index is 3750. The van der Waals surface area contributed by atoms with Crippen molar-refractivity contribution in [2.24, 2.45) is 21.3 Å². The van der Waals surface area contributed by atoms with Crippen molar-refractivity contribution in [1.29, 1.82) is 0 Å². The normalized spacial score (nSPS) is 17.7. The summed E-state index contributed by atoms with van der Waals surface area (Å²) in [5.41, 5.74) is 14.6. The van der Waals surface area contributed by atoms with Crippen LogP contribution in [0.4, 0.5) is 22.7 Å². The Labute approximate surface area is 402 Å². The summed E-state index contributed by atoms with van der Waals surface area (Å²) in [4.78, 5) is 13.2. The topological polar surface area (TPSA) is 65.2 Å². The monoisotopic (exact) mass is 893 g/mol. The third kappa shape index (κ3) is 7.10. The van der Waals surface area contributed by atoms with E-state index in [1.807, 2.05) is 25.2 Å². The van der Waals surface area contributed by atoms with Gasteiger partial charge in [0.05, 0.1) is 22.5 Å². The van der Waals surface area contributed by atoms with Gasteiger partial charge in [0, 0.05) is 51.6 Å². The first-order valence-electron chi connectivity index (χ1n) is 24.0. The molecule has 12 rings (SSSR count). The van der Waals surface area contributed by atoms with E-state index in [-0.39, 0.29) is 5.41 Å². The van der Waals surface area contributed by atoms with Gasteiger partial charge in [0.2, 0.25) is 0 Å². The van der Waals surface area contributed by atoms with Crippen molar-refractivity contribution in [1.82, 2.24) is 5.32 Å². The molecule has 3 aliphatic rings. The summed E-state index contributed by atoms with van der Waals surface area (Å²) in [5, 5.41) is 14.0. The van der Waals surface area contributed by atoms with Crippen LogP contribution < -0.4 is 15.5 Å². The standard InChI is InChI=1S/C63H51N5O/c1-5-41-17-14-15-25-55(41)68(48-22-10-7-11-23-48)56-35-34-52(56)66-62(67-61(64-4)43-18-8-6-9-19-43)46-29-28-42-30-36-58-59(49(42)38-46)60-53(24-16-26-57(60)69-58)65-54-39-45-21-13-12-20-44(45)37-50(54)51-33-32-47-31-27-40(2)63(47,51)3/h6-40,65H,5H2,1-4H3,(H,64,66,67)/t40-,63?/m1/s1. The van der Waals surface area contributed by atoms with Gasteiger partial charge in [-0.05, 0) is 117 Å². The van der Waals surface area contributed by atoms with Gasteiger partial charge in [-0.25, -0.2) is 9.98 Å². The maximum absolute atomic E-state index is 6.74. The molecule has 69 heavy (non-hydrogen) atoms. The van der Waals surface area contributed by atoms with Crippen LogP contribution in [-0.2, 0) is 6.42 Å². The van der Waals surface area contributed by atoms with E-state index in [1.54, 1.807) is 0 Å². The summed E-state index contributed by atoms with van der Waals surface area (Å²) >= 11 is 0. The Morgan fingerprint density at radius 1 is 0.667 bits per heavy atom. The summed E-state index contributed by atoms with van der Waals surface area (Å²) in [6.07, 6.45) is 14.4. The third-order valence-corrected chi connectivity index (χ3v) is 14.5. The van der Waals surface area contributed by atoms with Crippen LogP contribution in [0.1, 0.15) is 43.0 Å². The molecule has 0 saturated heterocycles. The van der Waals surface area contributed by atoms with Crippen molar-refractivity contribution in [2.75, 3.05) is 17.3 Å². The van der Waals surface area contributed by atoms with E-state index in [0.717, 1.165) is 90.2 Å². The Balaban J connectivity index is 1.01. The van der Waals surface area contributed by atoms with Crippen LogP contribution in [0.25, 0.3) is 49.1 Å². The highest BCUT2D eigenvalue weighted by atomic mass is 16.3. The fourth-order valence-electron chi connectivity index (χ4n) is 10.6. The number of rotatable bonds is 10. The second kappa shape index (κ2) is 17.0. The number of hydrogen-bond donors (Lipinski definition) is 2. The summed E-state index contributed by atoms with van der Waals surface area (Å²) in [7, 11) is 1.91. The Hall–Kier alpha value is -8.48. The molecule has 0 amide bonds. The fourth-order valence-corrected chi connectivity index (χ4v) is 10.6. The number of nitrogens with one attached hydrogen (secondary N) is 2. The average molecular weight is 894 g/mol. The van der Waals surface area contributed by atoms with Gasteiger partial charge in [0.15, 0.2) is 5.84 Å². The second-order valence-electron chi connectivity index (χ2n) is 18.3. The van der Waals surface area contributed by atoms with Gasteiger partial charge in [0.25, 0.3) is 0 Å². The van der Waals surface area contributed by atoms with Gasteiger partial charge in [-0.1, -0.05) is 160 Å². The van der Waals surface area contributed by atoms with Gasteiger partial charge in [-0.15, -0.1) is 0 Å². The van der Waals surface area contributed by atoms with Gasteiger partial charge in [0.1, 0.15) is 17.0 Å². The minimum absolute atomic E-state index is 0.110. The highest BCUT2D eigenvalue weighted by Crippen LogP contribution is 2.56. The van der Waals surface area contributed by atoms with E-state index in [2.05, 4.69) is 224 Å². The number of aliphatic imine (C=N–C) groups is 2. The zero-order valence-corrected chi connectivity index (χ0v) is 39.2. The molecule has 0 radical (unpaired) electrons. The molecule has 0 fully saturated rings. The molecule has 1 unspecified atom stereocenters. The Morgan fingerprint density at radius 3 is 2.19 bits per heavy atom. The third-order valence-electron chi connectivity index (χ3n) is 14.5. The molecular weight excluding hydrogens is 843 g/mol. The summed E-state index contributed by atoms with van der Waals surface area (Å²) < 4.78 is 6.74. The molecule has 0 bridgehead atoms. The molecule has 0 aliphatic heterocycles. The number of aryl methyl sites for hydroxylation is 1. The average Bonchev–Trinajstić information content (AvgIpc) is 4.04. The van der Waals surface area contributed by atoms with Gasteiger partial charge in [-0.2, -0.15) is 0 Å². The molecule has 6 heteroatoms. The smallest absolute Gasteiger partial charge is 0.162 e. The first kappa shape index (κ1) is 41.9. The molecule has 1 heterocycles. The minimum Gasteiger partial charge on any atom is -0.456 e. The van der Waals surface area contributed by atoms with Crippen molar-refractivity contribution in [2.45, 2.75) is 27.2 Å². The number of anilines is 4. The van der Waals surface area contributed by atoms with Crippen LogP contribution in [0.3, 0.4) is 0 Å². The van der Waals surface area contributed by atoms with Crippen LogP contribution >= 0.6 is 0 Å². The van der Waals surface area contributed by atoms with Crippen LogP contribution in [-0.4, -0.2) is 18.7 Å². The Morgan fingerprint density at radius 2 is 1.41 bits per heavy atom. The lowest BCUT2D eigenvalue weighted by molar-refractivity contribution is 0.448. The highest BCUT2D eigenvalue weighted by molar-refractivity contribution is 6.24. The molecule has 3 aliphatic carbocycles. The van der Waals surface area contributed by atoms with Crippen molar-refractivity contribution in [3.05, 3.63) is 246 Å². The van der Waals surface area contributed by atoms with Crippen molar-refractivity contribution >= 4 is 83.5 Å². The molecule has 334 valence electrons. The largest absolute Gasteiger partial charge is 0.456 e. The molecule has 2 N–H and O–H groups in total. The first-order valence-corrected chi connectivity index (χ1v) is 24.0. The van der Waals surface area contributed by atoms with E-state index in [4.69, 9.17) is 14.4 Å². The van der Waals surface area contributed by atoms with E-state index in [1.165, 1.54) is 33.0 Å². The van der Waals surface area contributed by atoms with Crippen molar-refractivity contribution in [3.8, 4) is 0 Å². The lowest BCUT2D eigenvalue weighted by Crippen LogP contribution is -2.23. The number of fused-ring (bicyclic) bond motifs is 7. The number of furan rings is 1. The summed E-state index contributed by atoms with van der Waals surface area (Å²) in [5.74, 6) is 1.68. The number of allylic oxidation sites excluding steroid dienone is 8. The summed E-state index contributed by atoms with van der Waals surface area (Å²) in [6.45, 7) is 6.92. The number of benzene rings is 8. The quantitative estimate of drug-likeness (QED) is 0.106. The minimum atomic E-state index is -0.110. The van der Waals surface area contributed by atoms with Crippen LogP contribution in [0.5, 0.6) is 0 Å². The van der Waals surface area contributed by atoms with Crippen LogP contribution in [0.15, 0.2) is 238 Å².